The minimum absolute atomic E-state index is 0.0519. The first kappa shape index (κ1) is 19.4. The summed E-state index contributed by atoms with van der Waals surface area (Å²) < 4.78 is 25.6. The average Bonchev–Trinajstić information content (AvgIpc) is 2.54. The Labute approximate surface area is 148 Å². The third-order valence-corrected chi connectivity index (χ3v) is 4.03. The van der Waals surface area contributed by atoms with Gasteiger partial charge < -0.3 is 19.7 Å². The number of hydrogen-bond acceptors (Lipinski definition) is 4. The van der Waals surface area contributed by atoms with Crippen LogP contribution in [0.25, 0.3) is 0 Å². The maximum atomic E-state index is 14.5. The molecule has 3 atom stereocenters. The van der Waals surface area contributed by atoms with Gasteiger partial charge in [-0.05, 0) is 45.4 Å². The molecule has 6 heteroatoms. The normalized spacial score (nSPS) is 21.7. The molecule has 1 heterocycles. The van der Waals surface area contributed by atoms with Crippen molar-refractivity contribution in [2.24, 2.45) is 0 Å². The summed E-state index contributed by atoms with van der Waals surface area (Å²) in [5.74, 6) is -0.663. The van der Waals surface area contributed by atoms with Crippen molar-refractivity contribution < 1.29 is 18.7 Å². The first-order chi connectivity index (χ1) is 11.9. The van der Waals surface area contributed by atoms with Gasteiger partial charge in [-0.3, -0.25) is 4.79 Å². The number of halogens is 1. The standard InChI is InChI=1S/C19H27FN2O3/c1-5-6-9-24-15(4)19(23)21-16-7-8-18(17(20)10-16)22-11-13(2)25-14(3)12-22/h5,7-8,10,13-15H,1,6,9,11-12H2,2-4H3,(H,21,23). The van der Waals surface area contributed by atoms with Crippen LogP contribution >= 0.6 is 0 Å². The molecular weight excluding hydrogens is 323 g/mol. The maximum absolute atomic E-state index is 14.5. The van der Waals surface area contributed by atoms with E-state index in [9.17, 15) is 9.18 Å². The third-order valence-electron chi connectivity index (χ3n) is 4.03. The molecule has 0 radical (unpaired) electrons. The molecule has 1 aromatic rings. The Balaban J connectivity index is 1.99. The molecule has 0 aliphatic carbocycles. The molecule has 1 aromatic carbocycles. The Hall–Kier alpha value is -1.92. The molecule has 1 fully saturated rings. The molecule has 1 aliphatic rings. The zero-order chi connectivity index (χ0) is 18.4. The molecule has 138 valence electrons. The Morgan fingerprint density at radius 1 is 1.48 bits per heavy atom. The van der Waals surface area contributed by atoms with Gasteiger partial charge in [0.2, 0.25) is 0 Å². The topological polar surface area (TPSA) is 50.8 Å². The van der Waals surface area contributed by atoms with Gasteiger partial charge in [-0.1, -0.05) is 6.08 Å². The second-order valence-corrected chi connectivity index (χ2v) is 6.41. The summed E-state index contributed by atoms with van der Waals surface area (Å²) in [7, 11) is 0. The summed E-state index contributed by atoms with van der Waals surface area (Å²) >= 11 is 0. The number of carbonyl (C=O) groups is 1. The van der Waals surface area contributed by atoms with Gasteiger partial charge in [0.05, 0.1) is 24.5 Å². The molecule has 0 spiro atoms. The highest BCUT2D eigenvalue weighted by Crippen LogP contribution is 2.26. The lowest BCUT2D eigenvalue weighted by atomic mass is 10.1. The van der Waals surface area contributed by atoms with Crippen molar-refractivity contribution in [1.82, 2.24) is 0 Å². The van der Waals surface area contributed by atoms with Crippen molar-refractivity contribution in [2.75, 3.05) is 29.9 Å². The van der Waals surface area contributed by atoms with Gasteiger partial charge in [0.1, 0.15) is 11.9 Å². The van der Waals surface area contributed by atoms with E-state index in [1.54, 1.807) is 25.1 Å². The van der Waals surface area contributed by atoms with Gasteiger partial charge in [0.25, 0.3) is 5.91 Å². The fourth-order valence-electron chi connectivity index (χ4n) is 2.86. The summed E-state index contributed by atoms with van der Waals surface area (Å²) in [5.41, 5.74) is 0.940. The molecule has 1 aliphatic heterocycles. The summed E-state index contributed by atoms with van der Waals surface area (Å²) in [4.78, 5) is 14.1. The van der Waals surface area contributed by atoms with Gasteiger partial charge in [-0.25, -0.2) is 4.39 Å². The molecule has 1 N–H and O–H groups in total. The van der Waals surface area contributed by atoms with Crippen molar-refractivity contribution in [3.63, 3.8) is 0 Å². The van der Waals surface area contributed by atoms with Crippen LogP contribution in [-0.2, 0) is 14.3 Å². The van der Waals surface area contributed by atoms with Crippen LogP contribution in [0, 0.1) is 5.82 Å². The number of nitrogens with zero attached hydrogens (tertiary/aromatic N) is 1. The van der Waals surface area contributed by atoms with Crippen LogP contribution in [0.3, 0.4) is 0 Å². The second kappa shape index (κ2) is 8.97. The SMILES string of the molecule is C=CCCOC(C)C(=O)Nc1ccc(N2CC(C)OC(C)C2)c(F)c1. The van der Waals surface area contributed by atoms with Gasteiger partial charge in [-0.2, -0.15) is 0 Å². The molecule has 0 saturated carbocycles. The van der Waals surface area contributed by atoms with E-state index in [2.05, 4.69) is 11.9 Å². The molecular formula is C19H27FN2O3. The van der Waals surface area contributed by atoms with Crippen LogP contribution < -0.4 is 10.2 Å². The van der Waals surface area contributed by atoms with Crippen LogP contribution in [0.15, 0.2) is 30.9 Å². The quantitative estimate of drug-likeness (QED) is 0.605. The fourth-order valence-corrected chi connectivity index (χ4v) is 2.86. The molecule has 1 amide bonds. The molecule has 1 saturated heterocycles. The minimum Gasteiger partial charge on any atom is -0.372 e. The number of hydrogen-bond donors (Lipinski definition) is 1. The Morgan fingerprint density at radius 2 is 2.16 bits per heavy atom. The van der Waals surface area contributed by atoms with E-state index < -0.39 is 6.10 Å². The summed E-state index contributed by atoms with van der Waals surface area (Å²) in [6.07, 6.45) is 1.90. The molecule has 5 nitrogen and oxygen atoms in total. The van der Waals surface area contributed by atoms with E-state index in [0.29, 0.717) is 37.5 Å². The summed E-state index contributed by atoms with van der Waals surface area (Å²) in [6.45, 7) is 10.9. The lowest BCUT2D eigenvalue weighted by Gasteiger charge is -2.37. The van der Waals surface area contributed by atoms with Crippen LogP contribution in [0.1, 0.15) is 27.2 Å². The smallest absolute Gasteiger partial charge is 0.253 e. The molecule has 0 aromatic heterocycles. The number of ether oxygens (including phenoxy) is 2. The van der Waals surface area contributed by atoms with E-state index in [0.717, 1.165) is 0 Å². The van der Waals surface area contributed by atoms with Gasteiger partial charge >= 0.3 is 0 Å². The number of anilines is 2. The van der Waals surface area contributed by atoms with E-state index in [1.807, 2.05) is 18.7 Å². The first-order valence-corrected chi connectivity index (χ1v) is 8.64. The molecule has 25 heavy (non-hydrogen) atoms. The second-order valence-electron chi connectivity index (χ2n) is 6.41. The van der Waals surface area contributed by atoms with Crippen molar-refractivity contribution in [3.8, 4) is 0 Å². The lowest BCUT2D eigenvalue weighted by molar-refractivity contribution is -0.126. The average molecular weight is 350 g/mol. The van der Waals surface area contributed by atoms with Crippen molar-refractivity contribution in [1.29, 1.82) is 0 Å². The lowest BCUT2D eigenvalue weighted by Crippen LogP contribution is -2.45. The maximum Gasteiger partial charge on any atom is 0.253 e. The van der Waals surface area contributed by atoms with Crippen LogP contribution in [-0.4, -0.2) is 43.9 Å². The highest BCUT2D eigenvalue weighted by atomic mass is 19.1. The zero-order valence-corrected chi connectivity index (χ0v) is 15.1. The van der Waals surface area contributed by atoms with Crippen LogP contribution in [0.2, 0.25) is 0 Å². The van der Waals surface area contributed by atoms with Gasteiger partial charge in [-0.15, -0.1) is 6.58 Å². The molecule has 0 bridgehead atoms. The summed E-state index contributed by atoms with van der Waals surface area (Å²) in [6, 6.07) is 4.74. The van der Waals surface area contributed by atoms with E-state index in [1.165, 1.54) is 6.07 Å². The van der Waals surface area contributed by atoms with Crippen molar-refractivity contribution >= 4 is 17.3 Å². The van der Waals surface area contributed by atoms with Crippen molar-refractivity contribution in [3.05, 3.63) is 36.7 Å². The van der Waals surface area contributed by atoms with E-state index >= 15 is 0 Å². The number of nitrogens with one attached hydrogen (secondary N) is 1. The predicted octanol–water partition coefficient (Wildman–Crippen LogP) is 3.36. The Bertz CT molecular complexity index is 598. The fraction of sp³-hybridized carbons (Fsp3) is 0.526. The monoisotopic (exact) mass is 350 g/mol. The molecule has 2 rings (SSSR count). The molecule has 3 unspecified atom stereocenters. The highest BCUT2D eigenvalue weighted by Gasteiger charge is 2.24. The third kappa shape index (κ3) is 5.54. The number of carbonyl (C=O) groups excluding carboxylic acids is 1. The van der Waals surface area contributed by atoms with E-state index in [-0.39, 0.29) is 23.9 Å². The predicted molar refractivity (Wildman–Crippen MR) is 97.5 cm³/mol. The highest BCUT2D eigenvalue weighted by molar-refractivity contribution is 5.94. The van der Waals surface area contributed by atoms with Crippen LogP contribution in [0.5, 0.6) is 0 Å². The summed E-state index contributed by atoms with van der Waals surface area (Å²) in [5, 5.41) is 2.68. The largest absolute Gasteiger partial charge is 0.372 e. The number of morpholine rings is 1. The zero-order valence-electron chi connectivity index (χ0n) is 15.1. The Morgan fingerprint density at radius 3 is 2.76 bits per heavy atom. The number of rotatable bonds is 7. The minimum atomic E-state index is -0.608. The van der Waals surface area contributed by atoms with Crippen LogP contribution in [0.4, 0.5) is 15.8 Å². The van der Waals surface area contributed by atoms with Gasteiger partial charge in [0.15, 0.2) is 0 Å². The van der Waals surface area contributed by atoms with Crippen molar-refractivity contribution in [2.45, 2.75) is 45.5 Å². The van der Waals surface area contributed by atoms with Gasteiger partial charge in [0, 0.05) is 18.8 Å². The number of benzene rings is 1. The Kier molecular flexibility index (Phi) is 6.96. The van der Waals surface area contributed by atoms with E-state index in [4.69, 9.17) is 9.47 Å². The first-order valence-electron chi connectivity index (χ1n) is 8.64. The number of amides is 1.